The summed E-state index contributed by atoms with van der Waals surface area (Å²) >= 11 is 13.2. The van der Waals surface area contributed by atoms with Gasteiger partial charge in [-0.3, -0.25) is 10.1 Å². The number of fused-ring (bicyclic) bond motifs is 3. The minimum atomic E-state index is -1.15. The zero-order valence-electron chi connectivity index (χ0n) is 28.5. The van der Waals surface area contributed by atoms with Gasteiger partial charge < -0.3 is 29.4 Å². The van der Waals surface area contributed by atoms with Crippen molar-refractivity contribution >= 4 is 40.8 Å². The molecule has 0 amide bonds. The van der Waals surface area contributed by atoms with Crippen LogP contribution >= 0.6 is 23.2 Å². The maximum Gasteiger partial charge on any atom is 0.335 e. The molecule has 2 bridgehead atoms. The maximum atomic E-state index is 14.1. The van der Waals surface area contributed by atoms with Crippen LogP contribution < -0.4 is 24.3 Å². The number of anilines is 1. The molecule has 11 nitrogen and oxygen atoms in total. The molecule has 3 aromatic carbocycles. The van der Waals surface area contributed by atoms with Gasteiger partial charge in [0.2, 0.25) is 12.4 Å². The van der Waals surface area contributed by atoms with Crippen LogP contribution in [0.1, 0.15) is 57.4 Å². The van der Waals surface area contributed by atoms with Crippen LogP contribution in [0.3, 0.4) is 0 Å². The van der Waals surface area contributed by atoms with E-state index in [2.05, 4.69) is 10.2 Å². The molecule has 7 rings (SSSR count). The van der Waals surface area contributed by atoms with Gasteiger partial charge in [-0.15, -0.1) is 0 Å². The molecule has 3 fully saturated rings. The molecular weight excluding hydrogens is 697 g/mol. The fraction of sp³-hybridized carbons (Fsp3) is 0.342. The summed E-state index contributed by atoms with van der Waals surface area (Å²) in [7, 11) is 4.59. The van der Waals surface area contributed by atoms with E-state index >= 15 is 0 Å². The predicted molar refractivity (Wildman–Crippen MR) is 191 cm³/mol. The van der Waals surface area contributed by atoms with Crippen LogP contribution in [0.25, 0.3) is 0 Å². The molecule has 0 spiro atoms. The molecule has 268 valence electrons. The fourth-order valence-electron chi connectivity index (χ4n) is 7.15. The van der Waals surface area contributed by atoms with Crippen LogP contribution in [0.5, 0.6) is 17.2 Å². The minimum Gasteiger partial charge on any atom is -0.496 e. The Kier molecular flexibility index (Phi) is 11.1. The molecular formula is C38H40Cl2N3O8+. The number of nitrogens with zero attached hydrogens (tertiary/aromatic N) is 2. The largest absolute Gasteiger partial charge is 0.496 e. The van der Waals surface area contributed by atoms with Gasteiger partial charge in [0.1, 0.15) is 21.9 Å². The van der Waals surface area contributed by atoms with E-state index in [1.807, 2.05) is 18.2 Å². The average molecular weight is 738 g/mol. The highest BCUT2D eigenvalue weighted by Crippen LogP contribution is 2.40. The lowest BCUT2D eigenvalue weighted by molar-refractivity contribution is -0.904. The number of aromatic carboxylic acids is 1. The van der Waals surface area contributed by atoms with Crippen molar-refractivity contribution < 1.29 is 43.6 Å². The molecule has 3 atom stereocenters. The number of nitrogens with one attached hydrogen (secondary N) is 1. The number of hydrogen-bond acceptors (Lipinski definition) is 9. The van der Waals surface area contributed by atoms with E-state index in [0.29, 0.717) is 57.7 Å². The smallest absolute Gasteiger partial charge is 0.335 e. The number of carbonyl (C=O) groups is 2. The lowest BCUT2D eigenvalue weighted by Crippen LogP contribution is -2.52. The van der Waals surface area contributed by atoms with Gasteiger partial charge >= 0.3 is 11.9 Å². The highest BCUT2D eigenvalue weighted by atomic mass is 35.5. The molecule has 51 heavy (non-hydrogen) atoms. The first kappa shape index (κ1) is 36.1. The number of aromatic nitrogens is 1. The standard InChI is InChI=1S/C38H39Cl2N3O8/c1-48-32-7-5-4-6-26(32)36(38(46)51-35-21-42-14-12-22(35)13-15-42)41-24-9-10-25(37(44)45)28(17-24)27(18-29-30(39)19-43(47)20-31(29)40)23-8-11-33(49-2)34(16-23)50-3/h4-11,16-17,19-20,22,27,35-36,41H,12-15,18,21H2,1-3H3,(H-,44,45,47)/p+1/t27?,35-,36?/m0/s1. The van der Waals surface area contributed by atoms with Gasteiger partial charge in [-0.25, -0.2) is 9.59 Å². The summed E-state index contributed by atoms with van der Waals surface area (Å²) in [4.78, 5) is 29.2. The third kappa shape index (κ3) is 7.80. The van der Waals surface area contributed by atoms with E-state index in [0.717, 1.165) is 30.7 Å². The normalized spacial score (nSPS) is 19.1. The van der Waals surface area contributed by atoms with Crippen LogP contribution in [0.2, 0.25) is 10.0 Å². The van der Waals surface area contributed by atoms with Gasteiger partial charge in [-0.2, -0.15) is 0 Å². The van der Waals surface area contributed by atoms with E-state index in [-0.39, 0.29) is 28.1 Å². The molecule has 0 aliphatic carbocycles. The summed E-state index contributed by atoms with van der Waals surface area (Å²) in [6, 6.07) is 16.4. The van der Waals surface area contributed by atoms with Crippen LogP contribution in [0, 0.1) is 5.92 Å². The number of benzene rings is 3. The Labute approximate surface area is 306 Å². The highest BCUT2D eigenvalue weighted by molar-refractivity contribution is 6.35. The lowest BCUT2D eigenvalue weighted by Gasteiger charge is -2.44. The molecule has 4 heterocycles. The van der Waals surface area contributed by atoms with E-state index in [1.54, 1.807) is 43.5 Å². The molecule has 3 aliphatic heterocycles. The van der Waals surface area contributed by atoms with Crippen molar-refractivity contribution in [1.82, 2.24) is 4.90 Å². The second kappa shape index (κ2) is 15.7. The molecule has 4 aromatic rings. The van der Waals surface area contributed by atoms with Crippen molar-refractivity contribution in [3.8, 4) is 17.2 Å². The molecule has 3 saturated heterocycles. The Bertz CT molecular complexity index is 1890. The van der Waals surface area contributed by atoms with Crippen molar-refractivity contribution in [3.63, 3.8) is 0 Å². The van der Waals surface area contributed by atoms with Gasteiger partial charge in [0, 0.05) is 34.0 Å². The van der Waals surface area contributed by atoms with E-state index in [9.17, 15) is 19.9 Å². The minimum absolute atomic E-state index is 0.0319. The Balaban J connectivity index is 1.44. The Hall–Kier alpha value is -4.71. The fourth-order valence-corrected chi connectivity index (χ4v) is 7.75. The van der Waals surface area contributed by atoms with Gasteiger partial charge in [0.15, 0.2) is 17.5 Å². The van der Waals surface area contributed by atoms with Crippen LogP contribution in [-0.4, -0.2) is 74.2 Å². The number of hydrogen-bond donors (Lipinski definition) is 3. The highest BCUT2D eigenvalue weighted by Gasteiger charge is 2.38. The molecule has 2 unspecified atom stereocenters. The number of para-hydroxylation sites is 1. The second-order valence-corrected chi connectivity index (χ2v) is 13.5. The number of pyridine rings is 1. The van der Waals surface area contributed by atoms with Crippen molar-refractivity contribution in [2.24, 2.45) is 5.92 Å². The number of halogens is 2. The molecule has 0 saturated carbocycles. The summed E-state index contributed by atoms with van der Waals surface area (Å²) in [5.74, 6) is -0.518. The third-order valence-electron chi connectivity index (χ3n) is 9.80. The summed E-state index contributed by atoms with van der Waals surface area (Å²) in [5.41, 5.74) is 2.67. The van der Waals surface area contributed by atoms with Crippen LogP contribution in [0.4, 0.5) is 5.69 Å². The van der Waals surface area contributed by atoms with Crippen molar-refractivity contribution in [3.05, 3.63) is 111 Å². The molecule has 13 heteroatoms. The van der Waals surface area contributed by atoms with E-state index < -0.39 is 23.9 Å². The van der Waals surface area contributed by atoms with Gasteiger partial charge in [0.25, 0.3) is 0 Å². The quantitative estimate of drug-likeness (QED) is 0.0805. The number of piperidine rings is 3. The number of methoxy groups -OCH3 is 3. The van der Waals surface area contributed by atoms with Gasteiger partial charge in [-0.05, 0) is 85.8 Å². The Morgan fingerprint density at radius 3 is 2.22 bits per heavy atom. The monoisotopic (exact) mass is 736 g/mol. The summed E-state index contributed by atoms with van der Waals surface area (Å²) in [6.07, 6.45) is 4.50. The van der Waals surface area contributed by atoms with Crippen molar-refractivity contribution in [2.45, 2.75) is 37.3 Å². The lowest BCUT2D eigenvalue weighted by atomic mass is 9.83. The summed E-state index contributed by atoms with van der Waals surface area (Å²) in [5, 5.41) is 24.2. The summed E-state index contributed by atoms with van der Waals surface area (Å²) in [6.45, 7) is 2.71. The van der Waals surface area contributed by atoms with Crippen molar-refractivity contribution in [2.75, 3.05) is 46.3 Å². The second-order valence-electron chi connectivity index (χ2n) is 12.7. The number of carboxylic acids is 1. The Morgan fingerprint density at radius 1 is 0.902 bits per heavy atom. The van der Waals surface area contributed by atoms with E-state index in [1.165, 1.54) is 32.7 Å². The number of ether oxygens (including phenoxy) is 4. The van der Waals surface area contributed by atoms with E-state index in [4.69, 9.17) is 42.1 Å². The van der Waals surface area contributed by atoms with Crippen LogP contribution in [-0.2, 0) is 16.0 Å². The molecule has 3 N–H and O–H groups in total. The number of esters is 1. The van der Waals surface area contributed by atoms with Crippen LogP contribution in [0.15, 0.2) is 73.1 Å². The first-order valence-corrected chi connectivity index (χ1v) is 17.4. The van der Waals surface area contributed by atoms with Crippen molar-refractivity contribution in [1.29, 1.82) is 0 Å². The van der Waals surface area contributed by atoms with Gasteiger partial charge in [0.05, 0.1) is 26.9 Å². The zero-order valence-corrected chi connectivity index (χ0v) is 30.0. The third-order valence-corrected chi connectivity index (χ3v) is 10.5. The molecule has 1 aromatic heterocycles. The predicted octanol–water partition coefficient (Wildman–Crippen LogP) is 6.41. The number of carboxylic acid groups (broad SMARTS) is 1. The molecule has 3 aliphatic rings. The SMILES string of the molecule is COc1ccc(C(Cc2c(Cl)c[n+](O)cc2Cl)c2cc(NC(C(=O)O[C@H]3CN4CCC3CC4)c3ccccc3OC)ccc2C(=O)O)cc1OC. The molecule has 0 radical (unpaired) electrons. The van der Waals surface area contributed by atoms with Gasteiger partial charge in [-0.1, -0.05) is 47.5 Å². The Morgan fingerprint density at radius 2 is 1.59 bits per heavy atom. The number of rotatable bonds is 13. The number of carbonyl (C=O) groups excluding carboxylic acids is 1. The first-order valence-electron chi connectivity index (χ1n) is 16.6. The first-order chi connectivity index (χ1) is 24.6. The summed E-state index contributed by atoms with van der Waals surface area (Å²) < 4.78 is 23.7. The average Bonchev–Trinajstić information content (AvgIpc) is 3.13. The maximum absolute atomic E-state index is 14.1. The zero-order chi connectivity index (χ0) is 36.2. The topological polar surface area (TPSA) is 131 Å².